The summed E-state index contributed by atoms with van der Waals surface area (Å²) < 4.78 is 0. The lowest BCUT2D eigenvalue weighted by Crippen LogP contribution is -2.33. The van der Waals surface area contributed by atoms with Gasteiger partial charge in [0.2, 0.25) is 5.91 Å². The first-order valence-electron chi connectivity index (χ1n) is 6.57. The molecule has 3 atom stereocenters. The molecule has 0 aliphatic carbocycles. The highest BCUT2D eigenvalue weighted by Gasteiger charge is 2.38. The van der Waals surface area contributed by atoms with Crippen LogP contribution in [0.15, 0.2) is 30.3 Å². The number of hydrogen-bond donors (Lipinski definition) is 1. The number of amides is 1. The predicted molar refractivity (Wildman–Crippen MR) is 71.7 cm³/mol. The summed E-state index contributed by atoms with van der Waals surface area (Å²) in [6.07, 6.45) is 0. The number of likely N-dealkylation sites (tertiary alicyclic amines) is 1. The number of carboxylic acids is 1. The monoisotopic (exact) mass is 261 g/mol. The Balaban J connectivity index is 2.07. The molecule has 1 aliphatic rings. The second kappa shape index (κ2) is 5.43. The summed E-state index contributed by atoms with van der Waals surface area (Å²) >= 11 is 0. The van der Waals surface area contributed by atoms with Gasteiger partial charge in [-0.1, -0.05) is 37.3 Å². The largest absolute Gasteiger partial charge is 0.481 e. The van der Waals surface area contributed by atoms with Gasteiger partial charge in [0.05, 0.1) is 11.8 Å². The van der Waals surface area contributed by atoms with Crippen molar-refractivity contribution in [2.45, 2.75) is 19.8 Å². The van der Waals surface area contributed by atoms with E-state index < -0.39 is 11.9 Å². The van der Waals surface area contributed by atoms with E-state index in [0.717, 1.165) is 5.56 Å². The van der Waals surface area contributed by atoms with Gasteiger partial charge in [-0.25, -0.2) is 0 Å². The molecule has 0 spiro atoms. The van der Waals surface area contributed by atoms with Crippen molar-refractivity contribution in [3.8, 4) is 0 Å². The van der Waals surface area contributed by atoms with Crippen LogP contribution in [0.2, 0.25) is 0 Å². The second-order valence-electron chi connectivity index (χ2n) is 5.30. The van der Waals surface area contributed by atoms with Crippen molar-refractivity contribution in [3.05, 3.63) is 35.9 Å². The Morgan fingerprint density at radius 2 is 1.89 bits per heavy atom. The van der Waals surface area contributed by atoms with E-state index >= 15 is 0 Å². The van der Waals surface area contributed by atoms with Crippen LogP contribution in [-0.2, 0) is 9.59 Å². The first-order valence-corrected chi connectivity index (χ1v) is 6.57. The maximum absolute atomic E-state index is 12.4. The third-order valence-electron chi connectivity index (χ3n) is 3.91. The molecule has 4 heteroatoms. The number of carbonyl (C=O) groups excluding carboxylic acids is 1. The lowest BCUT2D eigenvalue weighted by atomic mass is 9.99. The number of carbonyl (C=O) groups is 2. The average Bonchev–Trinajstić information content (AvgIpc) is 2.80. The Morgan fingerprint density at radius 1 is 1.26 bits per heavy atom. The quantitative estimate of drug-likeness (QED) is 0.905. The minimum atomic E-state index is -0.810. The third-order valence-corrected chi connectivity index (χ3v) is 3.91. The molecule has 1 aromatic rings. The van der Waals surface area contributed by atoms with Gasteiger partial charge in [-0.2, -0.15) is 0 Å². The van der Waals surface area contributed by atoms with Gasteiger partial charge in [0.1, 0.15) is 0 Å². The van der Waals surface area contributed by atoms with Crippen LogP contribution in [0.25, 0.3) is 0 Å². The molecule has 0 saturated carbocycles. The SMILES string of the molecule is C[C@H](C(=O)N1C[C@@H](C)[C@H](C(=O)O)C1)c1ccccc1. The van der Waals surface area contributed by atoms with E-state index in [4.69, 9.17) is 5.11 Å². The van der Waals surface area contributed by atoms with Gasteiger partial charge >= 0.3 is 5.97 Å². The smallest absolute Gasteiger partial charge is 0.308 e. The van der Waals surface area contributed by atoms with Crippen LogP contribution < -0.4 is 0 Å². The number of nitrogens with zero attached hydrogens (tertiary/aromatic N) is 1. The molecule has 102 valence electrons. The molecule has 1 aliphatic heterocycles. The first kappa shape index (κ1) is 13.6. The van der Waals surface area contributed by atoms with E-state index in [1.54, 1.807) is 4.90 Å². The van der Waals surface area contributed by atoms with Crippen LogP contribution in [0.3, 0.4) is 0 Å². The average molecular weight is 261 g/mol. The van der Waals surface area contributed by atoms with E-state index in [0.29, 0.717) is 13.1 Å². The molecule has 2 rings (SSSR count). The number of benzene rings is 1. The third kappa shape index (κ3) is 2.78. The molecule has 1 saturated heterocycles. The molecule has 1 fully saturated rings. The van der Waals surface area contributed by atoms with E-state index in [1.807, 2.05) is 44.2 Å². The van der Waals surface area contributed by atoms with Gasteiger partial charge < -0.3 is 10.0 Å². The normalized spacial score (nSPS) is 24.2. The van der Waals surface area contributed by atoms with Gasteiger partial charge in [0, 0.05) is 13.1 Å². The highest BCUT2D eigenvalue weighted by atomic mass is 16.4. The van der Waals surface area contributed by atoms with Crippen LogP contribution in [0.1, 0.15) is 25.3 Å². The Hall–Kier alpha value is -1.84. The van der Waals surface area contributed by atoms with Gasteiger partial charge in [-0.3, -0.25) is 9.59 Å². The van der Waals surface area contributed by atoms with E-state index in [1.165, 1.54) is 0 Å². The maximum atomic E-state index is 12.4. The van der Waals surface area contributed by atoms with Crippen molar-refractivity contribution >= 4 is 11.9 Å². The summed E-state index contributed by atoms with van der Waals surface area (Å²) in [4.78, 5) is 25.2. The van der Waals surface area contributed by atoms with Crippen molar-refractivity contribution < 1.29 is 14.7 Å². The molecule has 0 aromatic heterocycles. The van der Waals surface area contributed by atoms with Crippen LogP contribution >= 0.6 is 0 Å². The highest BCUT2D eigenvalue weighted by Crippen LogP contribution is 2.27. The van der Waals surface area contributed by atoms with E-state index in [9.17, 15) is 9.59 Å². The minimum Gasteiger partial charge on any atom is -0.481 e. The molecule has 1 aromatic carbocycles. The molecule has 1 amide bonds. The zero-order valence-corrected chi connectivity index (χ0v) is 11.2. The fraction of sp³-hybridized carbons (Fsp3) is 0.467. The molecule has 0 radical (unpaired) electrons. The Labute approximate surface area is 113 Å². The summed E-state index contributed by atoms with van der Waals surface area (Å²) in [6, 6.07) is 9.59. The molecule has 0 unspecified atom stereocenters. The van der Waals surface area contributed by atoms with E-state index in [2.05, 4.69) is 0 Å². The zero-order chi connectivity index (χ0) is 14.0. The Kier molecular flexibility index (Phi) is 3.88. The zero-order valence-electron chi connectivity index (χ0n) is 11.2. The standard InChI is InChI=1S/C15H19NO3/c1-10-8-16(9-13(10)15(18)19)14(17)11(2)12-6-4-3-5-7-12/h3-7,10-11,13H,8-9H2,1-2H3,(H,18,19)/t10-,11+,13-/m1/s1. The van der Waals surface area contributed by atoms with Crippen LogP contribution in [0, 0.1) is 11.8 Å². The summed E-state index contributed by atoms with van der Waals surface area (Å²) in [5.41, 5.74) is 0.971. The van der Waals surface area contributed by atoms with Crippen LogP contribution in [-0.4, -0.2) is 35.0 Å². The molecule has 4 nitrogen and oxygen atoms in total. The van der Waals surface area contributed by atoms with Crippen LogP contribution in [0.4, 0.5) is 0 Å². The van der Waals surface area contributed by atoms with Gasteiger partial charge in [-0.05, 0) is 18.4 Å². The second-order valence-corrected chi connectivity index (χ2v) is 5.30. The summed E-state index contributed by atoms with van der Waals surface area (Å²) in [7, 11) is 0. The lowest BCUT2D eigenvalue weighted by molar-refractivity contribution is -0.142. The number of rotatable bonds is 3. The fourth-order valence-electron chi connectivity index (χ4n) is 2.63. The lowest BCUT2D eigenvalue weighted by Gasteiger charge is -2.21. The van der Waals surface area contributed by atoms with Crippen LogP contribution in [0.5, 0.6) is 0 Å². The summed E-state index contributed by atoms with van der Waals surface area (Å²) in [5.74, 6) is -1.44. The van der Waals surface area contributed by atoms with Crippen molar-refractivity contribution in [1.82, 2.24) is 4.90 Å². The molecule has 1 heterocycles. The van der Waals surface area contributed by atoms with Crippen molar-refractivity contribution in [3.63, 3.8) is 0 Å². The molecule has 19 heavy (non-hydrogen) atoms. The van der Waals surface area contributed by atoms with Crippen molar-refractivity contribution in [1.29, 1.82) is 0 Å². The number of aliphatic carboxylic acids is 1. The fourth-order valence-corrected chi connectivity index (χ4v) is 2.63. The molecule has 0 bridgehead atoms. The van der Waals surface area contributed by atoms with Gasteiger partial charge in [0.25, 0.3) is 0 Å². The molecular weight excluding hydrogens is 242 g/mol. The Bertz CT molecular complexity index is 472. The first-order chi connectivity index (χ1) is 9.00. The number of hydrogen-bond acceptors (Lipinski definition) is 2. The molecule has 1 N–H and O–H groups in total. The summed E-state index contributed by atoms with van der Waals surface area (Å²) in [6.45, 7) is 4.62. The van der Waals surface area contributed by atoms with Crippen molar-refractivity contribution in [2.24, 2.45) is 11.8 Å². The topological polar surface area (TPSA) is 57.6 Å². The predicted octanol–water partition coefficient (Wildman–Crippen LogP) is 1.97. The number of carboxylic acid groups (broad SMARTS) is 1. The summed E-state index contributed by atoms with van der Waals surface area (Å²) in [5, 5.41) is 9.10. The minimum absolute atomic E-state index is 0.0156. The Morgan fingerprint density at radius 3 is 2.42 bits per heavy atom. The van der Waals surface area contributed by atoms with Gasteiger partial charge in [0.15, 0.2) is 0 Å². The van der Waals surface area contributed by atoms with E-state index in [-0.39, 0.29) is 17.7 Å². The molecular formula is C15H19NO3. The maximum Gasteiger partial charge on any atom is 0.308 e. The van der Waals surface area contributed by atoms with Crippen molar-refractivity contribution in [2.75, 3.05) is 13.1 Å². The van der Waals surface area contributed by atoms with Gasteiger partial charge in [-0.15, -0.1) is 0 Å². The highest BCUT2D eigenvalue weighted by molar-refractivity contribution is 5.84.